The molecule has 1 aliphatic heterocycles. The van der Waals surface area contributed by atoms with Gasteiger partial charge in [-0.05, 0) is 24.3 Å². The van der Waals surface area contributed by atoms with Crippen LogP contribution in [0, 0.1) is 0 Å². The summed E-state index contributed by atoms with van der Waals surface area (Å²) in [5.74, 6) is 0.770. The minimum absolute atomic E-state index is 0.0238. The molecule has 0 saturated carbocycles. The van der Waals surface area contributed by atoms with Crippen LogP contribution < -0.4 is 10.6 Å². The molecule has 1 saturated heterocycles. The van der Waals surface area contributed by atoms with E-state index >= 15 is 0 Å². The van der Waals surface area contributed by atoms with Gasteiger partial charge < -0.3 is 15.5 Å². The zero-order valence-electron chi connectivity index (χ0n) is 11.6. The first-order chi connectivity index (χ1) is 10.3. The predicted molar refractivity (Wildman–Crippen MR) is 81.0 cm³/mol. The Bertz CT molecular complexity index is 623. The lowest BCUT2D eigenvalue weighted by Crippen LogP contribution is -2.49. The fourth-order valence-electron chi connectivity index (χ4n) is 2.45. The van der Waals surface area contributed by atoms with E-state index in [2.05, 4.69) is 14.9 Å². The van der Waals surface area contributed by atoms with E-state index < -0.39 is 0 Å². The number of rotatable bonds is 2. The van der Waals surface area contributed by atoms with Crippen molar-refractivity contribution in [1.29, 1.82) is 0 Å². The summed E-state index contributed by atoms with van der Waals surface area (Å²) in [4.78, 5) is 24.7. The molecule has 0 atom stereocenters. The van der Waals surface area contributed by atoms with E-state index in [1.54, 1.807) is 24.5 Å². The molecule has 6 heteroatoms. The first-order valence-electron chi connectivity index (χ1n) is 6.91. The number of aromatic nitrogens is 2. The Balaban J connectivity index is 1.66. The van der Waals surface area contributed by atoms with Gasteiger partial charge >= 0.3 is 0 Å². The van der Waals surface area contributed by atoms with E-state index in [1.807, 2.05) is 23.1 Å². The quantitative estimate of drug-likeness (QED) is 0.890. The minimum Gasteiger partial charge on any atom is -0.396 e. The molecule has 0 aromatic carbocycles. The van der Waals surface area contributed by atoms with Crippen molar-refractivity contribution in [1.82, 2.24) is 14.9 Å². The van der Waals surface area contributed by atoms with Gasteiger partial charge in [0.1, 0.15) is 5.69 Å². The van der Waals surface area contributed by atoms with Crippen LogP contribution in [0.2, 0.25) is 0 Å². The monoisotopic (exact) mass is 283 g/mol. The van der Waals surface area contributed by atoms with E-state index in [9.17, 15) is 4.79 Å². The largest absolute Gasteiger partial charge is 0.396 e. The number of nitrogens with zero attached hydrogens (tertiary/aromatic N) is 4. The lowest BCUT2D eigenvalue weighted by Gasteiger charge is -2.35. The second kappa shape index (κ2) is 5.78. The summed E-state index contributed by atoms with van der Waals surface area (Å²) in [5.41, 5.74) is 7.10. The maximum atomic E-state index is 12.3. The van der Waals surface area contributed by atoms with Crippen LogP contribution >= 0.6 is 0 Å². The second-order valence-electron chi connectivity index (χ2n) is 4.91. The maximum absolute atomic E-state index is 12.3. The molecule has 2 N–H and O–H groups in total. The third kappa shape index (κ3) is 2.79. The molecular weight excluding hydrogens is 266 g/mol. The zero-order valence-corrected chi connectivity index (χ0v) is 11.6. The van der Waals surface area contributed by atoms with Crippen LogP contribution in [-0.2, 0) is 0 Å². The lowest BCUT2D eigenvalue weighted by atomic mass is 10.2. The average molecular weight is 283 g/mol. The number of hydrogen-bond donors (Lipinski definition) is 1. The lowest BCUT2D eigenvalue weighted by molar-refractivity contribution is 0.0740. The number of nitrogens with two attached hydrogens (primary N) is 1. The third-order valence-corrected chi connectivity index (χ3v) is 3.57. The molecule has 0 spiro atoms. The smallest absolute Gasteiger partial charge is 0.272 e. The van der Waals surface area contributed by atoms with Gasteiger partial charge in [-0.3, -0.25) is 9.78 Å². The molecule has 1 fully saturated rings. The molecule has 1 amide bonds. The van der Waals surface area contributed by atoms with Crippen LogP contribution in [0.5, 0.6) is 0 Å². The fourth-order valence-corrected chi connectivity index (χ4v) is 2.45. The summed E-state index contributed by atoms with van der Waals surface area (Å²) in [6, 6.07) is 9.03. The van der Waals surface area contributed by atoms with Crippen molar-refractivity contribution < 1.29 is 4.79 Å². The number of pyridine rings is 2. The Morgan fingerprint density at radius 3 is 2.43 bits per heavy atom. The summed E-state index contributed by atoms with van der Waals surface area (Å²) in [6.07, 6.45) is 3.37. The van der Waals surface area contributed by atoms with E-state index in [0.29, 0.717) is 24.5 Å². The summed E-state index contributed by atoms with van der Waals surface area (Å²) >= 11 is 0. The number of piperazine rings is 1. The van der Waals surface area contributed by atoms with Gasteiger partial charge in [0.25, 0.3) is 5.91 Å². The van der Waals surface area contributed by atoms with Crippen LogP contribution in [0.4, 0.5) is 11.5 Å². The molecule has 6 nitrogen and oxygen atoms in total. The highest BCUT2D eigenvalue weighted by Crippen LogP contribution is 2.20. The Hall–Kier alpha value is -2.63. The molecule has 2 aromatic heterocycles. The molecule has 2 aromatic rings. The van der Waals surface area contributed by atoms with Gasteiger partial charge in [0, 0.05) is 38.6 Å². The molecule has 3 heterocycles. The van der Waals surface area contributed by atoms with E-state index in [4.69, 9.17) is 5.73 Å². The number of anilines is 2. The first kappa shape index (κ1) is 13.4. The number of carbonyl (C=O) groups is 1. The summed E-state index contributed by atoms with van der Waals surface area (Å²) in [5, 5.41) is 0. The molecule has 0 unspecified atom stereocenters. The summed E-state index contributed by atoms with van der Waals surface area (Å²) in [6.45, 7) is 2.73. The van der Waals surface area contributed by atoms with E-state index in [0.717, 1.165) is 18.9 Å². The number of carbonyl (C=O) groups excluding carboxylic acids is 1. The molecular formula is C15H17N5O. The number of nitrogen functional groups attached to an aromatic ring is 1. The Kier molecular flexibility index (Phi) is 3.68. The van der Waals surface area contributed by atoms with Gasteiger partial charge in [-0.15, -0.1) is 0 Å². The van der Waals surface area contributed by atoms with Crippen molar-refractivity contribution in [3.8, 4) is 0 Å². The van der Waals surface area contributed by atoms with Gasteiger partial charge in [-0.25, -0.2) is 4.98 Å². The average Bonchev–Trinajstić information content (AvgIpc) is 2.56. The Morgan fingerprint density at radius 2 is 1.76 bits per heavy atom. The molecule has 0 aliphatic carbocycles. The van der Waals surface area contributed by atoms with Gasteiger partial charge in [0.15, 0.2) is 5.82 Å². The van der Waals surface area contributed by atoms with Crippen molar-refractivity contribution in [2.45, 2.75) is 0 Å². The van der Waals surface area contributed by atoms with Crippen molar-refractivity contribution in [3.05, 3.63) is 48.4 Å². The third-order valence-electron chi connectivity index (χ3n) is 3.57. The predicted octanol–water partition coefficient (Wildman–Crippen LogP) is 1.02. The zero-order chi connectivity index (χ0) is 14.7. The SMILES string of the molecule is Nc1cccnc1N1CCN(C(=O)c2ccccn2)CC1. The van der Waals surface area contributed by atoms with Gasteiger partial charge in [0.2, 0.25) is 0 Å². The second-order valence-corrected chi connectivity index (χ2v) is 4.91. The van der Waals surface area contributed by atoms with Crippen LogP contribution in [0.1, 0.15) is 10.5 Å². The Labute approximate surface area is 123 Å². The maximum Gasteiger partial charge on any atom is 0.272 e. The molecule has 1 aliphatic rings. The Morgan fingerprint density at radius 1 is 1.00 bits per heavy atom. The summed E-state index contributed by atoms with van der Waals surface area (Å²) < 4.78 is 0. The van der Waals surface area contributed by atoms with Crippen LogP contribution in [0.3, 0.4) is 0 Å². The van der Waals surface area contributed by atoms with Crippen LogP contribution in [0.15, 0.2) is 42.7 Å². The van der Waals surface area contributed by atoms with E-state index in [-0.39, 0.29) is 5.91 Å². The molecule has 0 radical (unpaired) electrons. The highest BCUT2D eigenvalue weighted by molar-refractivity contribution is 5.92. The van der Waals surface area contributed by atoms with Crippen molar-refractivity contribution in [2.24, 2.45) is 0 Å². The number of hydrogen-bond acceptors (Lipinski definition) is 5. The van der Waals surface area contributed by atoms with Gasteiger partial charge in [-0.1, -0.05) is 6.07 Å². The van der Waals surface area contributed by atoms with Crippen LogP contribution in [-0.4, -0.2) is 47.0 Å². The number of amides is 1. The topological polar surface area (TPSA) is 75.3 Å². The molecule has 3 rings (SSSR count). The summed E-state index contributed by atoms with van der Waals surface area (Å²) in [7, 11) is 0. The molecule has 108 valence electrons. The normalized spacial score (nSPS) is 15.0. The van der Waals surface area contributed by atoms with Crippen LogP contribution in [0.25, 0.3) is 0 Å². The van der Waals surface area contributed by atoms with E-state index in [1.165, 1.54) is 0 Å². The highest BCUT2D eigenvalue weighted by Gasteiger charge is 2.24. The van der Waals surface area contributed by atoms with Crippen molar-refractivity contribution >= 4 is 17.4 Å². The highest BCUT2D eigenvalue weighted by atomic mass is 16.2. The van der Waals surface area contributed by atoms with Gasteiger partial charge in [0.05, 0.1) is 5.69 Å². The molecule has 21 heavy (non-hydrogen) atoms. The standard InChI is InChI=1S/C15H17N5O/c16-12-4-3-7-18-14(12)19-8-10-20(11-9-19)15(21)13-5-1-2-6-17-13/h1-7H,8-11,16H2. The van der Waals surface area contributed by atoms with Crippen molar-refractivity contribution in [3.63, 3.8) is 0 Å². The minimum atomic E-state index is -0.0238. The molecule has 0 bridgehead atoms. The fraction of sp³-hybridized carbons (Fsp3) is 0.267. The van der Waals surface area contributed by atoms with Gasteiger partial charge in [-0.2, -0.15) is 0 Å². The van der Waals surface area contributed by atoms with Crippen molar-refractivity contribution in [2.75, 3.05) is 36.8 Å². The first-order valence-corrected chi connectivity index (χ1v) is 6.91.